The van der Waals surface area contributed by atoms with Crippen molar-refractivity contribution >= 4 is 51.5 Å². The Bertz CT molecular complexity index is 1460. The van der Waals surface area contributed by atoms with Crippen molar-refractivity contribution in [3.05, 3.63) is 101 Å². The number of amides is 1. The molecule has 3 aromatic carbocycles. The highest BCUT2D eigenvalue weighted by Gasteiger charge is 2.33. The Balaban J connectivity index is 1.39. The summed E-state index contributed by atoms with van der Waals surface area (Å²) in [6, 6.07) is 24.7. The van der Waals surface area contributed by atoms with E-state index in [0.29, 0.717) is 28.8 Å². The number of ether oxygens (including phenoxy) is 1. The van der Waals surface area contributed by atoms with E-state index in [2.05, 4.69) is 11.1 Å². The molecule has 1 fully saturated rings. The van der Waals surface area contributed by atoms with Crippen LogP contribution in [0.15, 0.2) is 95.0 Å². The lowest BCUT2D eigenvalue weighted by atomic mass is 10.1. The minimum absolute atomic E-state index is 0.0965. The molecule has 1 saturated heterocycles. The van der Waals surface area contributed by atoms with Gasteiger partial charge >= 0.3 is 5.97 Å². The molecule has 0 unspecified atom stereocenters. The summed E-state index contributed by atoms with van der Waals surface area (Å²) in [4.78, 5) is 34.5. The molecule has 1 aliphatic heterocycles. The van der Waals surface area contributed by atoms with E-state index in [1.165, 1.54) is 11.8 Å². The molecule has 7 nitrogen and oxygen atoms in total. The van der Waals surface area contributed by atoms with Crippen LogP contribution in [0.4, 0.5) is 5.69 Å². The molecule has 1 aliphatic rings. The molecule has 1 amide bonds. The number of carboxylic acid groups (broad SMARTS) is 1. The molecule has 0 spiro atoms. The monoisotopic (exact) mass is 497 g/mol. The van der Waals surface area contributed by atoms with Gasteiger partial charge in [-0.05, 0) is 65.7 Å². The van der Waals surface area contributed by atoms with Gasteiger partial charge in [0.2, 0.25) is 0 Å². The molecule has 0 saturated carbocycles. The van der Waals surface area contributed by atoms with Crippen LogP contribution in [0.5, 0.6) is 5.75 Å². The zero-order valence-electron chi connectivity index (χ0n) is 19.3. The quantitative estimate of drug-likeness (QED) is 0.315. The molecular weight excluding hydrogens is 474 g/mol. The number of aromatic amines is 1. The van der Waals surface area contributed by atoms with E-state index in [1.807, 2.05) is 60.8 Å². The van der Waals surface area contributed by atoms with Crippen molar-refractivity contribution < 1.29 is 19.4 Å². The van der Waals surface area contributed by atoms with E-state index in [4.69, 9.17) is 14.8 Å². The Morgan fingerprint density at radius 1 is 1.03 bits per heavy atom. The number of carbonyl (C=O) groups excluding carboxylic acids is 1. The average molecular weight is 498 g/mol. The smallest absolute Gasteiger partial charge is 0.341 e. The summed E-state index contributed by atoms with van der Waals surface area (Å²) in [5.74, 6) is -0.676. The lowest BCUT2D eigenvalue weighted by Crippen LogP contribution is -2.31. The first-order chi connectivity index (χ1) is 17.6. The van der Waals surface area contributed by atoms with Crippen LogP contribution in [0, 0.1) is 0 Å². The van der Waals surface area contributed by atoms with Crippen LogP contribution in [0.25, 0.3) is 17.0 Å². The van der Waals surface area contributed by atoms with Crippen molar-refractivity contribution in [2.75, 3.05) is 13.2 Å². The maximum Gasteiger partial charge on any atom is 0.341 e. The lowest BCUT2D eigenvalue weighted by Gasteiger charge is -2.15. The predicted octanol–water partition coefficient (Wildman–Crippen LogP) is 5.48. The third kappa shape index (κ3) is 5.34. The second-order valence-electron chi connectivity index (χ2n) is 8.16. The number of amidine groups is 1. The number of nitrogens with zero attached hydrogens (tertiary/aromatic N) is 2. The number of H-pyrrole nitrogens is 1. The van der Waals surface area contributed by atoms with Gasteiger partial charge in [0.15, 0.2) is 11.8 Å². The summed E-state index contributed by atoms with van der Waals surface area (Å²) in [5, 5.41) is 10.6. The van der Waals surface area contributed by atoms with Gasteiger partial charge in [0.05, 0.1) is 10.6 Å². The Kier molecular flexibility index (Phi) is 6.86. The fourth-order valence-electron chi connectivity index (χ4n) is 3.93. The number of aliphatic carboxylic acids is 1. The number of rotatable bonds is 8. The molecule has 2 N–H and O–H groups in total. The van der Waals surface area contributed by atoms with Gasteiger partial charge in [-0.1, -0.05) is 48.5 Å². The van der Waals surface area contributed by atoms with Crippen LogP contribution in [0.3, 0.4) is 0 Å². The molecule has 8 heteroatoms. The van der Waals surface area contributed by atoms with Gasteiger partial charge in [-0.2, -0.15) is 0 Å². The van der Waals surface area contributed by atoms with Crippen molar-refractivity contribution in [1.82, 2.24) is 9.88 Å². The van der Waals surface area contributed by atoms with Crippen LogP contribution in [-0.2, 0) is 16.0 Å². The van der Waals surface area contributed by atoms with Crippen molar-refractivity contribution in [3.63, 3.8) is 0 Å². The van der Waals surface area contributed by atoms with E-state index in [9.17, 15) is 9.59 Å². The molecule has 5 rings (SSSR count). The normalized spacial score (nSPS) is 15.8. The van der Waals surface area contributed by atoms with Crippen LogP contribution < -0.4 is 4.74 Å². The topological polar surface area (TPSA) is 95.0 Å². The molecule has 0 radical (unpaired) electrons. The third-order valence-corrected chi connectivity index (χ3v) is 6.70. The molecular formula is C28H23N3O4S. The number of para-hydroxylation sites is 2. The summed E-state index contributed by atoms with van der Waals surface area (Å²) in [5.41, 5.74) is 3.82. The van der Waals surface area contributed by atoms with E-state index in [1.54, 1.807) is 29.2 Å². The Labute approximate surface area is 212 Å². The van der Waals surface area contributed by atoms with Gasteiger partial charge in [-0.25, -0.2) is 9.79 Å². The number of hydrogen-bond donors (Lipinski definition) is 2. The van der Waals surface area contributed by atoms with Crippen LogP contribution in [0.1, 0.15) is 11.1 Å². The standard InChI is InChI=1S/C28H23N3O4S/c32-26(33)18-35-22-12-10-19(11-13-22)16-25-27(34)31(28(36-25)30-21-6-2-1-3-7-21)15-14-20-17-29-24-9-5-4-8-23(20)24/h1-13,16-17,29H,14-15,18H2,(H,32,33)/b25-16-,30-28?. The summed E-state index contributed by atoms with van der Waals surface area (Å²) in [6.45, 7) is 0.0954. The fraction of sp³-hybridized carbons (Fsp3) is 0.107. The highest BCUT2D eigenvalue weighted by molar-refractivity contribution is 8.18. The fourth-order valence-corrected chi connectivity index (χ4v) is 4.95. The summed E-state index contributed by atoms with van der Waals surface area (Å²) in [7, 11) is 0. The zero-order chi connectivity index (χ0) is 24.9. The van der Waals surface area contributed by atoms with Crippen molar-refractivity contribution in [3.8, 4) is 5.75 Å². The summed E-state index contributed by atoms with van der Waals surface area (Å²) >= 11 is 1.35. The Hall–Kier alpha value is -4.30. The second kappa shape index (κ2) is 10.5. The first-order valence-electron chi connectivity index (χ1n) is 11.4. The number of thioether (sulfide) groups is 1. The van der Waals surface area contributed by atoms with E-state index >= 15 is 0 Å². The molecule has 2 heterocycles. The third-order valence-electron chi connectivity index (χ3n) is 5.69. The first kappa shape index (κ1) is 23.4. The van der Waals surface area contributed by atoms with Gasteiger partial charge in [-0.15, -0.1) is 0 Å². The SMILES string of the molecule is O=C(O)COc1ccc(/C=C2\SC(=Nc3ccccc3)N(CCc3c[nH]c4ccccc34)C2=O)cc1. The molecule has 180 valence electrons. The largest absolute Gasteiger partial charge is 0.482 e. The number of nitrogens with one attached hydrogen (secondary N) is 1. The molecule has 0 aliphatic carbocycles. The number of benzene rings is 3. The van der Waals surface area contributed by atoms with Gasteiger partial charge in [0.25, 0.3) is 5.91 Å². The van der Waals surface area contributed by atoms with Crippen molar-refractivity contribution in [2.45, 2.75) is 6.42 Å². The van der Waals surface area contributed by atoms with Gasteiger partial charge in [0.1, 0.15) is 5.75 Å². The van der Waals surface area contributed by atoms with E-state index < -0.39 is 12.6 Å². The molecule has 36 heavy (non-hydrogen) atoms. The molecule has 4 aromatic rings. The van der Waals surface area contributed by atoms with Gasteiger partial charge in [-0.3, -0.25) is 9.69 Å². The highest BCUT2D eigenvalue weighted by Crippen LogP contribution is 2.34. The van der Waals surface area contributed by atoms with E-state index in [0.717, 1.165) is 27.7 Å². The van der Waals surface area contributed by atoms with Crippen molar-refractivity contribution in [1.29, 1.82) is 0 Å². The minimum atomic E-state index is -1.04. The first-order valence-corrected chi connectivity index (χ1v) is 12.2. The lowest BCUT2D eigenvalue weighted by molar-refractivity contribution is -0.139. The van der Waals surface area contributed by atoms with Gasteiger partial charge in [0, 0.05) is 23.6 Å². The van der Waals surface area contributed by atoms with Crippen molar-refractivity contribution in [2.24, 2.45) is 4.99 Å². The molecule has 1 aromatic heterocycles. The average Bonchev–Trinajstić information content (AvgIpc) is 3.43. The van der Waals surface area contributed by atoms with Crippen LogP contribution in [-0.4, -0.2) is 45.2 Å². The number of fused-ring (bicyclic) bond motifs is 1. The Morgan fingerprint density at radius 3 is 2.56 bits per heavy atom. The maximum atomic E-state index is 13.4. The number of carboxylic acids is 1. The van der Waals surface area contributed by atoms with E-state index in [-0.39, 0.29) is 5.91 Å². The number of aromatic nitrogens is 1. The van der Waals surface area contributed by atoms with Gasteiger partial charge < -0.3 is 14.8 Å². The summed E-state index contributed by atoms with van der Waals surface area (Å²) in [6.07, 6.45) is 4.50. The van der Waals surface area contributed by atoms with Crippen LogP contribution in [0.2, 0.25) is 0 Å². The second-order valence-corrected chi connectivity index (χ2v) is 9.17. The number of aliphatic imine (C=N–C) groups is 1. The maximum absolute atomic E-state index is 13.4. The number of hydrogen-bond acceptors (Lipinski definition) is 5. The zero-order valence-corrected chi connectivity index (χ0v) is 20.1. The molecule has 0 atom stereocenters. The highest BCUT2D eigenvalue weighted by atomic mass is 32.2. The minimum Gasteiger partial charge on any atom is -0.482 e. The van der Waals surface area contributed by atoms with Crippen LogP contribution >= 0.6 is 11.8 Å². The molecule has 0 bridgehead atoms. The predicted molar refractivity (Wildman–Crippen MR) is 142 cm³/mol. The number of carbonyl (C=O) groups is 2. The summed E-state index contributed by atoms with van der Waals surface area (Å²) < 4.78 is 5.19. The Morgan fingerprint density at radius 2 is 1.78 bits per heavy atom.